The first-order valence-electron chi connectivity index (χ1n) is 5.94. The molecule has 2 aromatic rings. The summed E-state index contributed by atoms with van der Waals surface area (Å²) in [6.07, 6.45) is 0.912. The van der Waals surface area contributed by atoms with Gasteiger partial charge in [0.2, 0.25) is 11.0 Å². The van der Waals surface area contributed by atoms with E-state index in [0.717, 1.165) is 11.4 Å². The summed E-state index contributed by atoms with van der Waals surface area (Å²) in [5.74, 6) is -0.224. The molecule has 0 fully saturated rings. The van der Waals surface area contributed by atoms with E-state index in [9.17, 15) is 14.9 Å². The third kappa shape index (κ3) is 3.58. The summed E-state index contributed by atoms with van der Waals surface area (Å²) < 4.78 is 0. The fourth-order valence-electron chi connectivity index (χ4n) is 1.53. The van der Waals surface area contributed by atoms with Crippen molar-refractivity contribution in [2.45, 2.75) is 19.8 Å². The molecule has 0 spiro atoms. The van der Waals surface area contributed by atoms with E-state index in [1.165, 1.54) is 23.5 Å². The summed E-state index contributed by atoms with van der Waals surface area (Å²) in [7, 11) is 0. The van der Waals surface area contributed by atoms with Gasteiger partial charge in [0.1, 0.15) is 5.01 Å². The van der Waals surface area contributed by atoms with Crippen molar-refractivity contribution in [3.05, 3.63) is 45.0 Å². The molecular weight excluding hydrogens is 280 g/mol. The topological polar surface area (TPSA) is 98.0 Å². The number of nitro benzene ring substituents is 1. The fourth-order valence-corrected chi connectivity index (χ4v) is 2.23. The van der Waals surface area contributed by atoms with E-state index in [-0.39, 0.29) is 18.0 Å². The number of benzene rings is 1. The number of hydrogen-bond donors (Lipinski definition) is 1. The van der Waals surface area contributed by atoms with Crippen molar-refractivity contribution in [1.29, 1.82) is 0 Å². The zero-order valence-electron chi connectivity index (χ0n) is 10.7. The van der Waals surface area contributed by atoms with E-state index in [2.05, 4.69) is 15.5 Å². The van der Waals surface area contributed by atoms with Crippen LogP contribution in [0.25, 0.3) is 0 Å². The molecule has 0 aliphatic heterocycles. The normalized spacial score (nSPS) is 10.2. The minimum Gasteiger partial charge on any atom is -0.300 e. The molecule has 104 valence electrons. The van der Waals surface area contributed by atoms with Gasteiger partial charge in [0.15, 0.2) is 0 Å². The number of nitrogens with zero attached hydrogens (tertiary/aromatic N) is 3. The van der Waals surface area contributed by atoms with Crippen LogP contribution in [0.4, 0.5) is 10.8 Å². The molecule has 8 heteroatoms. The molecule has 0 radical (unpaired) electrons. The Hall–Kier alpha value is -2.35. The van der Waals surface area contributed by atoms with Gasteiger partial charge >= 0.3 is 0 Å². The molecule has 0 aliphatic rings. The Kier molecular flexibility index (Phi) is 4.36. The highest BCUT2D eigenvalue weighted by Crippen LogP contribution is 2.16. The molecule has 0 bridgehead atoms. The monoisotopic (exact) mass is 292 g/mol. The zero-order chi connectivity index (χ0) is 14.5. The first kappa shape index (κ1) is 14.1. The van der Waals surface area contributed by atoms with E-state index in [1.54, 1.807) is 12.1 Å². The van der Waals surface area contributed by atoms with Crippen LogP contribution in [0.1, 0.15) is 17.5 Å². The lowest BCUT2D eigenvalue weighted by Gasteiger charge is -2.01. The standard InChI is InChI=1S/C12H12N4O3S/c1-2-11-14-15-12(20-11)13-10(17)7-8-3-5-9(6-4-8)16(18)19/h3-6H,2,7H2,1H3,(H,13,15,17). The summed E-state index contributed by atoms with van der Waals surface area (Å²) >= 11 is 1.33. The number of nitro groups is 1. The molecular formula is C12H12N4O3S. The number of rotatable bonds is 5. The molecule has 0 saturated heterocycles. The van der Waals surface area contributed by atoms with Gasteiger partial charge in [-0.25, -0.2) is 0 Å². The summed E-state index contributed by atoms with van der Waals surface area (Å²) in [6, 6.07) is 5.88. The Bertz CT molecular complexity index is 624. The molecule has 0 aliphatic carbocycles. The second-order valence-electron chi connectivity index (χ2n) is 4.00. The number of amides is 1. The maximum Gasteiger partial charge on any atom is 0.269 e. The van der Waals surface area contributed by atoms with Crippen molar-refractivity contribution in [3.63, 3.8) is 0 Å². The number of nitrogens with one attached hydrogen (secondary N) is 1. The highest BCUT2D eigenvalue weighted by Gasteiger charge is 2.10. The van der Waals surface area contributed by atoms with E-state index in [4.69, 9.17) is 0 Å². The van der Waals surface area contributed by atoms with Crippen LogP contribution < -0.4 is 5.32 Å². The third-order valence-corrected chi connectivity index (χ3v) is 3.51. The molecule has 1 aromatic carbocycles. The number of carbonyl (C=O) groups excluding carboxylic acids is 1. The Morgan fingerprint density at radius 2 is 2.05 bits per heavy atom. The van der Waals surface area contributed by atoms with E-state index in [1.807, 2.05) is 6.92 Å². The van der Waals surface area contributed by atoms with Gasteiger partial charge in [0.05, 0.1) is 11.3 Å². The summed E-state index contributed by atoms with van der Waals surface area (Å²) in [4.78, 5) is 21.8. The van der Waals surface area contributed by atoms with Crippen LogP contribution in [-0.2, 0) is 17.6 Å². The van der Waals surface area contributed by atoms with Crippen LogP contribution in [0.3, 0.4) is 0 Å². The molecule has 1 N–H and O–H groups in total. The maximum atomic E-state index is 11.8. The Labute approximate surface area is 118 Å². The second kappa shape index (κ2) is 6.20. The molecule has 0 saturated carbocycles. The molecule has 2 rings (SSSR count). The van der Waals surface area contributed by atoms with Crippen LogP contribution in [0.5, 0.6) is 0 Å². The molecule has 1 aromatic heterocycles. The van der Waals surface area contributed by atoms with Gasteiger partial charge in [0.25, 0.3) is 5.69 Å². The number of hydrogen-bond acceptors (Lipinski definition) is 6. The quantitative estimate of drug-likeness (QED) is 0.672. The zero-order valence-corrected chi connectivity index (χ0v) is 11.5. The minimum atomic E-state index is -0.475. The van der Waals surface area contributed by atoms with Crippen LogP contribution in [0.2, 0.25) is 0 Å². The second-order valence-corrected chi connectivity index (χ2v) is 5.07. The predicted octanol–water partition coefficient (Wildman–Crippen LogP) is 2.19. The van der Waals surface area contributed by atoms with Crippen LogP contribution in [0.15, 0.2) is 24.3 Å². The van der Waals surface area contributed by atoms with Crippen molar-refractivity contribution < 1.29 is 9.72 Å². The smallest absolute Gasteiger partial charge is 0.269 e. The van der Waals surface area contributed by atoms with Gasteiger partial charge in [-0.05, 0) is 12.0 Å². The van der Waals surface area contributed by atoms with Crippen molar-refractivity contribution >= 4 is 28.1 Å². The van der Waals surface area contributed by atoms with Crippen LogP contribution in [0, 0.1) is 10.1 Å². The third-order valence-electron chi connectivity index (χ3n) is 2.53. The predicted molar refractivity (Wildman–Crippen MR) is 74.7 cm³/mol. The number of anilines is 1. The van der Waals surface area contributed by atoms with Gasteiger partial charge in [0, 0.05) is 12.1 Å². The summed E-state index contributed by atoms with van der Waals surface area (Å²) in [5, 5.41) is 22.3. The highest BCUT2D eigenvalue weighted by molar-refractivity contribution is 7.15. The van der Waals surface area contributed by atoms with Gasteiger partial charge in [-0.15, -0.1) is 10.2 Å². The number of carbonyl (C=O) groups is 1. The Balaban J connectivity index is 1.95. The van der Waals surface area contributed by atoms with Gasteiger partial charge in [-0.1, -0.05) is 30.4 Å². The van der Waals surface area contributed by atoms with E-state index in [0.29, 0.717) is 10.7 Å². The number of non-ortho nitro benzene ring substituents is 1. The molecule has 20 heavy (non-hydrogen) atoms. The fraction of sp³-hybridized carbons (Fsp3) is 0.250. The number of aromatic nitrogens is 2. The summed E-state index contributed by atoms with van der Waals surface area (Å²) in [6.45, 7) is 1.96. The first-order valence-corrected chi connectivity index (χ1v) is 6.75. The Morgan fingerprint density at radius 3 is 2.60 bits per heavy atom. The lowest BCUT2D eigenvalue weighted by atomic mass is 10.1. The number of aryl methyl sites for hydroxylation is 1. The minimum absolute atomic E-state index is 0.00543. The highest BCUT2D eigenvalue weighted by atomic mass is 32.1. The SMILES string of the molecule is CCc1nnc(NC(=O)Cc2ccc([N+](=O)[O-])cc2)s1. The first-order chi connectivity index (χ1) is 9.58. The molecule has 0 atom stereocenters. The van der Waals surface area contributed by atoms with E-state index < -0.39 is 4.92 Å². The molecule has 7 nitrogen and oxygen atoms in total. The molecule has 1 amide bonds. The Morgan fingerprint density at radius 1 is 1.35 bits per heavy atom. The van der Waals surface area contributed by atoms with Crippen molar-refractivity contribution in [3.8, 4) is 0 Å². The lowest BCUT2D eigenvalue weighted by Crippen LogP contribution is -2.14. The molecule has 1 heterocycles. The van der Waals surface area contributed by atoms with Crippen LogP contribution >= 0.6 is 11.3 Å². The van der Waals surface area contributed by atoms with Gasteiger partial charge in [-0.3, -0.25) is 14.9 Å². The van der Waals surface area contributed by atoms with Crippen molar-refractivity contribution in [2.24, 2.45) is 0 Å². The van der Waals surface area contributed by atoms with Crippen molar-refractivity contribution in [1.82, 2.24) is 10.2 Å². The lowest BCUT2D eigenvalue weighted by molar-refractivity contribution is -0.384. The average Bonchev–Trinajstić information content (AvgIpc) is 2.86. The maximum absolute atomic E-state index is 11.8. The van der Waals surface area contributed by atoms with E-state index >= 15 is 0 Å². The largest absolute Gasteiger partial charge is 0.300 e. The van der Waals surface area contributed by atoms with Crippen LogP contribution in [-0.4, -0.2) is 21.0 Å². The molecule has 0 unspecified atom stereocenters. The summed E-state index contributed by atoms with van der Waals surface area (Å²) in [5.41, 5.74) is 0.708. The van der Waals surface area contributed by atoms with Gasteiger partial charge in [-0.2, -0.15) is 0 Å². The van der Waals surface area contributed by atoms with Gasteiger partial charge < -0.3 is 5.32 Å². The van der Waals surface area contributed by atoms with Crippen molar-refractivity contribution in [2.75, 3.05) is 5.32 Å². The average molecular weight is 292 g/mol.